The van der Waals surface area contributed by atoms with E-state index in [1.807, 2.05) is 16.9 Å². The predicted molar refractivity (Wildman–Crippen MR) is 121 cm³/mol. The van der Waals surface area contributed by atoms with Crippen molar-refractivity contribution >= 4 is 34.1 Å². The average Bonchev–Trinajstić information content (AvgIpc) is 3.41. The number of rotatable bonds is 7. The number of carbonyl (C=O) groups excluding carboxylic acids is 1. The van der Waals surface area contributed by atoms with Crippen molar-refractivity contribution in [3.63, 3.8) is 0 Å². The lowest BCUT2D eigenvalue weighted by molar-refractivity contribution is -0.146. The number of anilines is 1. The fourth-order valence-electron chi connectivity index (χ4n) is 6.63. The van der Waals surface area contributed by atoms with Crippen LogP contribution < -0.4 is 10.6 Å². The summed E-state index contributed by atoms with van der Waals surface area (Å²) in [4.78, 5) is 23.3. The largest absolute Gasteiger partial charge is 0.364 e. The maximum Gasteiger partial charge on any atom is 0.226 e. The normalized spacial score (nSPS) is 28.8. The molecule has 8 heteroatoms. The number of fused-ring (bicyclic) bond motifs is 1. The molecule has 1 amide bonds. The minimum absolute atomic E-state index is 0.0953. The Kier molecular flexibility index (Phi) is 4.70. The molecule has 4 aliphatic carbocycles. The van der Waals surface area contributed by atoms with Crippen LogP contribution in [0.3, 0.4) is 0 Å². The molecule has 4 saturated carbocycles. The quantitative estimate of drug-likeness (QED) is 0.588. The number of hydrogen-bond donors (Lipinski definition) is 2. The lowest BCUT2D eigenvalue weighted by Crippen LogP contribution is -2.53. The minimum Gasteiger partial charge on any atom is -0.364 e. The Labute approximate surface area is 185 Å². The molecule has 2 N–H and O–H groups in total. The van der Waals surface area contributed by atoms with E-state index in [0.717, 1.165) is 60.4 Å². The van der Waals surface area contributed by atoms with Gasteiger partial charge in [-0.05, 0) is 67.7 Å². The van der Waals surface area contributed by atoms with Crippen molar-refractivity contribution in [3.8, 4) is 0 Å². The van der Waals surface area contributed by atoms with Crippen LogP contribution in [0.15, 0.2) is 30.0 Å². The smallest absolute Gasteiger partial charge is 0.226 e. The number of carbonyl (C=O) groups is 1. The molecule has 4 bridgehead atoms. The molecule has 7 nitrogen and oxygen atoms in total. The van der Waals surface area contributed by atoms with Gasteiger partial charge in [-0.1, -0.05) is 6.07 Å². The van der Waals surface area contributed by atoms with Crippen LogP contribution in [0.25, 0.3) is 11.0 Å². The molecular formula is C23H28N6OS. The molecule has 0 saturated heterocycles. The molecule has 0 spiro atoms. The number of aromatic nitrogens is 4. The van der Waals surface area contributed by atoms with Gasteiger partial charge in [-0.2, -0.15) is 5.10 Å². The highest BCUT2D eigenvalue weighted by atomic mass is 32.1. The number of nitrogens with zero attached hydrogens (tertiary/aromatic N) is 4. The zero-order chi connectivity index (χ0) is 20.8. The Morgan fingerprint density at radius 1 is 1.16 bits per heavy atom. The Balaban J connectivity index is 1.10. The molecule has 0 unspecified atom stereocenters. The fraction of sp³-hybridized carbons (Fsp3) is 0.565. The van der Waals surface area contributed by atoms with Gasteiger partial charge < -0.3 is 10.6 Å². The van der Waals surface area contributed by atoms with E-state index in [1.165, 1.54) is 24.1 Å². The van der Waals surface area contributed by atoms with Gasteiger partial charge in [0.05, 0.1) is 24.7 Å². The van der Waals surface area contributed by atoms with Crippen LogP contribution >= 0.6 is 11.3 Å². The second-order valence-electron chi connectivity index (χ2n) is 9.71. The lowest BCUT2D eigenvalue weighted by atomic mass is 9.49. The zero-order valence-electron chi connectivity index (χ0n) is 17.6. The summed E-state index contributed by atoms with van der Waals surface area (Å²) in [6.45, 7) is 1.93. The Hall–Kier alpha value is -2.48. The highest BCUT2D eigenvalue weighted by Gasteiger charge is 2.54. The first kappa shape index (κ1) is 19.2. The van der Waals surface area contributed by atoms with Crippen molar-refractivity contribution in [3.05, 3.63) is 34.9 Å². The summed E-state index contributed by atoms with van der Waals surface area (Å²) in [5.74, 6) is 3.41. The molecule has 4 fully saturated rings. The summed E-state index contributed by atoms with van der Waals surface area (Å²) in [6, 6.07) is 4.15. The van der Waals surface area contributed by atoms with Crippen LogP contribution in [-0.4, -0.2) is 32.2 Å². The van der Waals surface area contributed by atoms with E-state index < -0.39 is 0 Å². The Morgan fingerprint density at radius 2 is 1.94 bits per heavy atom. The molecule has 0 aromatic carbocycles. The van der Waals surface area contributed by atoms with Gasteiger partial charge >= 0.3 is 0 Å². The molecule has 162 valence electrons. The molecule has 0 atom stereocenters. The Morgan fingerprint density at radius 3 is 2.65 bits per heavy atom. The lowest BCUT2D eigenvalue weighted by Gasteiger charge is -2.55. The average molecular weight is 437 g/mol. The third-order valence-corrected chi connectivity index (χ3v) is 8.45. The molecule has 3 aromatic rings. The van der Waals surface area contributed by atoms with E-state index in [9.17, 15) is 4.79 Å². The predicted octanol–water partition coefficient (Wildman–Crippen LogP) is 3.83. The first-order valence-corrected chi connectivity index (χ1v) is 12.3. The number of hydrogen-bond acceptors (Lipinski definition) is 6. The van der Waals surface area contributed by atoms with Gasteiger partial charge in [-0.3, -0.25) is 4.79 Å². The highest BCUT2D eigenvalue weighted by molar-refractivity contribution is 7.09. The molecule has 0 aliphatic heterocycles. The van der Waals surface area contributed by atoms with Crippen LogP contribution in [0.2, 0.25) is 0 Å². The van der Waals surface area contributed by atoms with Crippen molar-refractivity contribution in [2.75, 3.05) is 11.9 Å². The molecular weight excluding hydrogens is 408 g/mol. The van der Waals surface area contributed by atoms with Crippen molar-refractivity contribution in [2.45, 2.75) is 51.6 Å². The highest BCUT2D eigenvalue weighted by Crippen LogP contribution is 2.60. The minimum atomic E-state index is -0.0953. The van der Waals surface area contributed by atoms with Crippen LogP contribution in [-0.2, 0) is 17.9 Å². The Bertz CT molecular complexity index is 1060. The summed E-state index contributed by atoms with van der Waals surface area (Å²) in [7, 11) is 0. The molecule has 0 radical (unpaired) electrons. The van der Waals surface area contributed by atoms with E-state index in [0.29, 0.717) is 13.1 Å². The second-order valence-corrected chi connectivity index (χ2v) is 10.7. The number of nitrogens with one attached hydrogen (secondary N) is 2. The van der Waals surface area contributed by atoms with E-state index in [4.69, 9.17) is 0 Å². The summed E-state index contributed by atoms with van der Waals surface area (Å²) in [6.07, 6.45) is 10.8. The van der Waals surface area contributed by atoms with Gasteiger partial charge in [0, 0.05) is 16.8 Å². The van der Waals surface area contributed by atoms with E-state index in [2.05, 4.69) is 37.1 Å². The van der Waals surface area contributed by atoms with Gasteiger partial charge in [-0.15, -0.1) is 11.3 Å². The SMILES string of the molecule is O=C(NCCn1ncc2c(NCc3cccs3)ncnc21)C12CC3CC(CC(C3)C1)C2. The van der Waals surface area contributed by atoms with Crippen LogP contribution in [0.4, 0.5) is 5.82 Å². The summed E-state index contributed by atoms with van der Waals surface area (Å²) in [5.41, 5.74) is 0.704. The van der Waals surface area contributed by atoms with Crippen molar-refractivity contribution in [2.24, 2.45) is 23.2 Å². The molecule has 3 heterocycles. The monoisotopic (exact) mass is 436 g/mol. The second kappa shape index (κ2) is 7.58. The zero-order valence-corrected chi connectivity index (χ0v) is 18.4. The van der Waals surface area contributed by atoms with Crippen LogP contribution in [0, 0.1) is 23.2 Å². The van der Waals surface area contributed by atoms with E-state index in [-0.39, 0.29) is 11.3 Å². The van der Waals surface area contributed by atoms with Crippen LogP contribution in [0.1, 0.15) is 43.4 Å². The first-order valence-electron chi connectivity index (χ1n) is 11.4. The summed E-state index contributed by atoms with van der Waals surface area (Å²) < 4.78 is 1.87. The van der Waals surface area contributed by atoms with Gasteiger partial charge in [0.25, 0.3) is 0 Å². The summed E-state index contributed by atoms with van der Waals surface area (Å²) in [5, 5.41) is 14.1. The molecule has 7 rings (SSSR count). The van der Waals surface area contributed by atoms with E-state index >= 15 is 0 Å². The van der Waals surface area contributed by atoms with Crippen molar-refractivity contribution in [1.82, 2.24) is 25.1 Å². The third-order valence-electron chi connectivity index (χ3n) is 7.57. The molecule has 31 heavy (non-hydrogen) atoms. The van der Waals surface area contributed by atoms with Gasteiger partial charge in [-0.25, -0.2) is 14.6 Å². The van der Waals surface area contributed by atoms with Gasteiger partial charge in [0.1, 0.15) is 12.1 Å². The van der Waals surface area contributed by atoms with Crippen molar-refractivity contribution in [1.29, 1.82) is 0 Å². The molecule has 4 aliphatic rings. The van der Waals surface area contributed by atoms with Crippen LogP contribution in [0.5, 0.6) is 0 Å². The van der Waals surface area contributed by atoms with Gasteiger partial charge in [0.15, 0.2) is 5.65 Å². The summed E-state index contributed by atoms with van der Waals surface area (Å²) >= 11 is 1.72. The van der Waals surface area contributed by atoms with E-state index in [1.54, 1.807) is 17.7 Å². The maximum absolute atomic E-state index is 13.2. The topological polar surface area (TPSA) is 84.7 Å². The standard InChI is InChI=1S/C23H28N6OS/c30-22(23-9-15-6-16(10-23)8-17(7-15)11-23)24-3-4-29-21-19(13-28-29)20(26-14-27-21)25-12-18-2-1-5-31-18/h1-2,5,13-17H,3-4,6-12H2,(H,24,30)(H,25,26,27). The number of amides is 1. The molecule has 3 aromatic heterocycles. The first-order chi connectivity index (χ1) is 15.2. The third kappa shape index (κ3) is 3.50. The maximum atomic E-state index is 13.2. The van der Waals surface area contributed by atoms with Crippen molar-refractivity contribution < 1.29 is 4.79 Å². The fourth-order valence-corrected chi connectivity index (χ4v) is 7.28. The number of thiophene rings is 1. The van der Waals surface area contributed by atoms with Gasteiger partial charge in [0.2, 0.25) is 5.91 Å².